The second-order valence-electron chi connectivity index (χ2n) is 5.52. The molecular formula is C17H22N2O2. The predicted octanol–water partition coefficient (Wildman–Crippen LogP) is 2.20. The fourth-order valence-electron chi connectivity index (χ4n) is 2.53. The molecule has 0 heterocycles. The molecule has 0 aromatic heterocycles. The third-order valence-electron chi connectivity index (χ3n) is 3.95. The molecule has 0 unspecified atom stereocenters. The maximum atomic E-state index is 12.3. The highest BCUT2D eigenvalue weighted by atomic mass is 16.5. The fourth-order valence-corrected chi connectivity index (χ4v) is 2.53. The van der Waals surface area contributed by atoms with Crippen molar-refractivity contribution in [2.75, 3.05) is 19.0 Å². The number of carbonyl (C=O) groups excluding carboxylic acids is 1. The molecule has 1 aliphatic carbocycles. The van der Waals surface area contributed by atoms with Gasteiger partial charge in [0.1, 0.15) is 0 Å². The predicted molar refractivity (Wildman–Crippen MR) is 83.9 cm³/mol. The Morgan fingerprint density at radius 2 is 2.24 bits per heavy atom. The van der Waals surface area contributed by atoms with E-state index in [1.807, 2.05) is 25.1 Å². The van der Waals surface area contributed by atoms with E-state index in [4.69, 9.17) is 10.5 Å². The number of amides is 1. The summed E-state index contributed by atoms with van der Waals surface area (Å²) in [7, 11) is 1.68. The smallest absolute Gasteiger partial charge is 0.227 e. The lowest BCUT2D eigenvalue weighted by Crippen LogP contribution is -2.42. The molecule has 1 amide bonds. The number of benzene rings is 1. The fraction of sp³-hybridized carbons (Fsp3) is 0.471. The summed E-state index contributed by atoms with van der Waals surface area (Å²) in [5.41, 5.74) is 7.75. The molecular weight excluding hydrogens is 264 g/mol. The lowest BCUT2D eigenvalue weighted by molar-refractivity contribution is -0.129. The van der Waals surface area contributed by atoms with E-state index in [1.165, 1.54) is 0 Å². The van der Waals surface area contributed by atoms with Crippen LogP contribution in [0.1, 0.15) is 36.8 Å². The first-order valence-electron chi connectivity index (χ1n) is 7.23. The van der Waals surface area contributed by atoms with Crippen molar-refractivity contribution in [3.63, 3.8) is 0 Å². The Morgan fingerprint density at radius 3 is 2.81 bits per heavy atom. The molecule has 0 bridgehead atoms. The van der Waals surface area contributed by atoms with Crippen LogP contribution in [0.3, 0.4) is 0 Å². The van der Waals surface area contributed by atoms with Gasteiger partial charge in [-0.15, -0.1) is 0 Å². The second-order valence-corrected chi connectivity index (χ2v) is 5.52. The molecule has 2 rings (SSSR count). The van der Waals surface area contributed by atoms with Crippen molar-refractivity contribution in [3.05, 3.63) is 29.3 Å². The lowest BCUT2D eigenvalue weighted by atomic mass is 9.77. The molecule has 0 aliphatic heterocycles. The minimum atomic E-state index is -0.267. The molecule has 0 saturated heterocycles. The monoisotopic (exact) mass is 286 g/mol. The molecule has 0 radical (unpaired) electrons. The van der Waals surface area contributed by atoms with Gasteiger partial charge in [-0.05, 0) is 43.9 Å². The first kappa shape index (κ1) is 15.6. The van der Waals surface area contributed by atoms with Crippen LogP contribution in [0, 0.1) is 18.8 Å². The van der Waals surface area contributed by atoms with Crippen LogP contribution >= 0.6 is 0 Å². The van der Waals surface area contributed by atoms with E-state index in [0.717, 1.165) is 36.1 Å². The minimum Gasteiger partial charge on any atom is -0.378 e. The number of nitrogens with two attached hydrogens (primary N) is 1. The van der Waals surface area contributed by atoms with Gasteiger partial charge in [-0.3, -0.25) is 4.79 Å². The summed E-state index contributed by atoms with van der Waals surface area (Å²) >= 11 is 0. The van der Waals surface area contributed by atoms with Gasteiger partial charge in [0.2, 0.25) is 5.91 Å². The Kier molecular flexibility index (Phi) is 5.00. The van der Waals surface area contributed by atoms with Crippen molar-refractivity contribution in [1.82, 2.24) is 0 Å². The summed E-state index contributed by atoms with van der Waals surface area (Å²) in [6.45, 7) is 2.28. The van der Waals surface area contributed by atoms with Crippen LogP contribution in [0.2, 0.25) is 0 Å². The Labute approximate surface area is 126 Å². The zero-order valence-corrected chi connectivity index (χ0v) is 12.7. The molecule has 4 nitrogen and oxygen atoms in total. The average Bonchev–Trinajstić information content (AvgIpc) is 2.42. The van der Waals surface area contributed by atoms with Crippen molar-refractivity contribution in [2.45, 2.75) is 38.2 Å². The topological polar surface area (TPSA) is 64.3 Å². The Bertz CT molecular complexity index is 575. The normalized spacial score (nSPS) is 15.6. The molecule has 1 aromatic rings. The van der Waals surface area contributed by atoms with E-state index in [2.05, 4.69) is 17.2 Å². The van der Waals surface area contributed by atoms with Crippen LogP contribution in [-0.4, -0.2) is 25.2 Å². The molecule has 1 saturated carbocycles. The zero-order valence-electron chi connectivity index (χ0n) is 12.7. The molecule has 4 heteroatoms. The molecule has 3 N–H and O–H groups in total. The van der Waals surface area contributed by atoms with Crippen LogP contribution < -0.4 is 11.1 Å². The highest BCUT2D eigenvalue weighted by Gasteiger charge is 2.39. The van der Waals surface area contributed by atoms with Gasteiger partial charge in [-0.25, -0.2) is 0 Å². The maximum Gasteiger partial charge on any atom is 0.227 e. The van der Waals surface area contributed by atoms with Crippen molar-refractivity contribution < 1.29 is 9.53 Å². The number of rotatable bonds is 4. The molecule has 1 fully saturated rings. The van der Waals surface area contributed by atoms with Crippen molar-refractivity contribution >= 4 is 11.6 Å². The minimum absolute atomic E-state index is 0.0297. The van der Waals surface area contributed by atoms with Crippen molar-refractivity contribution in [2.24, 2.45) is 5.73 Å². The summed E-state index contributed by atoms with van der Waals surface area (Å²) in [6.07, 6.45) is 3.41. The number of ether oxygens (including phenoxy) is 1. The summed E-state index contributed by atoms with van der Waals surface area (Å²) in [5, 5.41) is 2.96. The van der Waals surface area contributed by atoms with Gasteiger partial charge in [0.15, 0.2) is 0 Å². The Balaban J connectivity index is 2.11. The first-order valence-corrected chi connectivity index (χ1v) is 7.23. The maximum absolute atomic E-state index is 12.3. The molecule has 0 spiro atoms. The van der Waals surface area contributed by atoms with Crippen LogP contribution in [-0.2, 0) is 9.53 Å². The number of aryl methyl sites for hydroxylation is 1. The number of methoxy groups -OCH3 is 1. The van der Waals surface area contributed by atoms with Crippen molar-refractivity contribution in [3.8, 4) is 11.8 Å². The van der Waals surface area contributed by atoms with Gasteiger partial charge in [0.25, 0.3) is 0 Å². The summed E-state index contributed by atoms with van der Waals surface area (Å²) in [5.74, 6) is 5.78. The molecule has 21 heavy (non-hydrogen) atoms. The quantitative estimate of drug-likeness (QED) is 0.834. The summed E-state index contributed by atoms with van der Waals surface area (Å²) in [6, 6.07) is 5.81. The van der Waals surface area contributed by atoms with Crippen molar-refractivity contribution in [1.29, 1.82) is 0 Å². The van der Waals surface area contributed by atoms with Gasteiger partial charge in [0.05, 0.1) is 24.3 Å². The van der Waals surface area contributed by atoms with Gasteiger partial charge in [0, 0.05) is 12.7 Å². The molecule has 112 valence electrons. The molecule has 1 aromatic carbocycles. The third kappa shape index (κ3) is 3.84. The van der Waals surface area contributed by atoms with Crippen LogP contribution in [0.15, 0.2) is 18.2 Å². The second kappa shape index (κ2) is 6.75. The summed E-state index contributed by atoms with van der Waals surface area (Å²) in [4.78, 5) is 12.3. The van der Waals surface area contributed by atoms with Crippen LogP contribution in [0.25, 0.3) is 0 Å². The number of anilines is 1. The van der Waals surface area contributed by atoms with E-state index in [1.54, 1.807) is 7.11 Å². The largest absolute Gasteiger partial charge is 0.378 e. The van der Waals surface area contributed by atoms with E-state index in [9.17, 15) is 4.79 Å². The standard InChI is InChI=1S/C17H22N2O2/c1-13-6-7-14(5-3-10-18)15(11-13)19-16(20)12-17(21-2)8-4-9-17/h6-7,11H,4,8-10,12,18H2,1-2H3,(H,19,20). The highest BCUT2D eigenvalue weighted by molar-refractivity contribution is 5.93. The number of hydrogen-bond donors (Lipinski definition) is 2. The molecule has 1 aliphatic rings. The Morgan fingerprint density at radius 1 is 1.48 bits per heavy atom. The van der Waals surface area contributed by atoms with E-state index in [0.29, 0.717) is 13.0 Å². The number of hydrogen-bond acceptors (Lipinski definition) is 3. The van der Waals surface area contributed by atoms with Gasteiger partial charge >= 0.3 is 0 Å². The lowest BCUT2D eigenvalue weighted by Gasteiger charge is -2.39. The molecule has 0 atom stereocenters. The van der Waals surface area contributed by atoms with Crippen LogP contribution in [0.4, 0.5) is 5.69 Å². The zero-order chi connectivity index (χ0) is 15.3. The van der Waals surface area contributed by atoms with E-state index >= 15 is 0 Å². The van der Waals surface area contributed by atoms with Gasteiger partial charge in [-0.1, -0.05) is 17.9 Å². The SMILES string of the molecule is COC1(CC(=O)Nc2cc(C)ccc2C#CCN)CCC1. The number of nitrogens with one attached hydrogen (secondary N) is 1. The van der Waals surface area contributed by atoms with Gasteiger partial charge in [-0.2, -0.15) is 0 Å². The number of carbonyl (C=O) groups is 1. The van der Waals surface area contributed by atoms with E-state index < -0.39 is 0 Å². The van der Waals surface area contributed by atoms with Crippen LogP contribution in [0.5, 0.6) is 0 Å². The summed E-state index contributed by atoms with van der Waals surface area (Å²) < 4.78 is 5.50. The van der Waals surface area contributed by atoms with Gasteiger partial charge < -0.3 is 15.8 Å². The average molecular weight is 286 g/mol. The highest BCUT2D eigenvalue weighted by Crippen LogP contribution is 2.38. The Hall–Kier alpha value is -1.83. The van der Waals surface area contributed by atoms with E-state index in [-0.39, 0.29) is 11.5 Å². The first-order chi connectivity index (χ1) is 10.1. The third-order valence-corrected chi connectivity index (χ3v) is 3.95.